The number of hydrogen-bond donors (Lipinski definition) is 0. The van der Waals surface area contributed by atoms with E-state index in [1.807, 2.05) is 30.9 Å². The van der Waals surface area contributed by atoms with Crippen LogP contribution in [-0.4, -0.2) is 39.0 Å². The van der Waals surface area contributed by atoms with E-state index in [1.165, 1.54) is 5.56 Å². The lowest BCUT2D eigenvalue weighted by atomic mass is 10.0. The number of aryl methyl sites for hydroxylation is 3. The number of rotatable bonds is 3. The van der Waals surface area contributed by atoms with E-state index >= 15 is 0 Å². The summed E-state index contributed by atoms with van der Waals surface area (Å²) in [4.78, 5) is 24.0. The van der Waals surface area contributed by atoms with Crippen LogP contribution in [0.1, 0.15) is 52.6 Å². The molecule has 1 aliphatic heterocycles. The van der Waals surface area contributed by atoms with Crippen molar-refractivity contribution in [3.8, 4) is 0 Å². The second-order valence-corrected chi connectivity index (χ2v) is 6.93. The third-order valence-corrected chi connectivity index (χ3v) is 5.01. The zero-order valence-corrected chi connectivity index (χ0v) is 15.3. The van der Waals surface area contributed by atoms with Gasteiger partial charge in [0.15, 0.2) is 5.82 Å². The van der Waals surface area contributed by atoms with E-state index in [0.29, 0.717) is 24.8 Å². The van der Waals surface area contributed by atoms with Gasteiger partial charge in [-0.2, -0.15) is 4.98 Å². The van der Waals surface area contributed by atoms with Crippen molar-refractivity contribution in [3.05, 3.63) is 52.8 Å². The lowest BCUT2D eigenvalue weighted by Gasteiger charge is -2.18. The molecule has 0 unspecified atom stereocenters. The second kappa shape index (κ2) is 6.52. The summed E-state index contributed by atoms with van der Waals surface area (Å²) in [5, 5.41) is 4.79. The number of carbonyl (C=O) groups excluding carboxylic acids is 1. The molecule has 6 heteroatoms. The zero-order valence-electron chi connectivity index (χ0n) is 15.3. The van der Waals surface area contributed by atoms with Crippen LogP contribution in [0.3, 0.4) is 0 Å². The van der Waals surface area contributed by atoms with Gasteiger partial charge in [0.25, 0.3) is 5.91 Å². The fraction of sp³-hybridized carbons (Fsp3) is 0.400. The lowest BCUT2D eigenvalue weighted by Crippen LogP contribution is -2.28. The SMILES string of the molecule is CCc1ccc2nc(C)cc(C(=O)N3CC[C@@H](c4nc(C)no4)C3)c2c1. The molecule has 134 valence electrons. The summed E-state index contributed by atoms with van der Waals surface area (Å²) in [5.41, 5.74) is 3.66. The maximum atomic E-state index is 13.2. The Kier molecular flexibility index (Phi) is 4.18. The highest BCUT2D eigenvalue weighted by atomic mass is 16.5. The van der Waals surface area contributed by atoms with E-state index in [1.54, 1.807) is 0 Å². The van der Waals surface area contributed by atoms with Crippen molar-refractivity contribution in [3.63, 3.8) is 0 Å². The molecular weight excluding hydrogens is 328 g/mol. The molecule has 0 aliphatic carbocycles. The summed E-state index contributed by atoms with van der Waals surface area (Å²) in [7, 11) is 0. The van der Waals surface area contributed by atoms with Gasteiger partial charge in [-0.1, -0.05) is 18.1 Å². The first-order valence-electron chi connectivity index (χ1n) is 9.05. The number of likely N-dealkylation sites (tertiary alicyclic amines) is 1. The zero-order chi connectivity index (χ0) is 18.3. The molecule has 0 radical (unpaired) electrons. The molecule has 6 nitrogen and oxygen atoms in total. The van der Waals surface area contributed by atoms with Gasteiger partial charge in [0.1, 0.15) is 0 Å². The van der Waals surface area contributed by atoms with Gasteiger partial charge >= 0.3 is 0 Å². The van der Waals surface area contributed by atoms with Gasteiger partial charge in [0.2, 0.25) is 5.89 Å². The summed E-state index contributed by atoms with van der Waals surface area (Å²) in [6.45, 7) is 7.15. The maximum absolute atomic E-state index is 13.2. The number of amides is 1. The largest absolute Gasteiger partial charge is 0.339 e. The van der Waals surface area contributed by atoms with Crippen molar-refractivity contribution < 1.29 is 9.32 Å². The summed E-state index contributed by atoms with van der Waals surface area (Å²) in [5.74, 6) is 1.42. The quantitative estimate of drug-likeness (QED) is 0.724. The molecule has 3 aromatic rings. The summed E-state index contributed by atoms with van der Waals surface area (Å²) in [6.07, 6.45) is 1.77. The first kappa shape index (κ1) is 16.7. The van der Waals surface area contributed by atoms with Crippen molar-refractivity contribution in [1.82, 2.24) is 20.0 Å². The smallest absolute Gasteiger partial charge is 0.254 e. The summed E-state index contributed by atoms with van der Waals surface area (Å²) < 4.78 is 5.29. The molecular formula is C20H22N4O2. The molecule has 1 fully saturated rings. The Bertz CT molecular complexity index is 979. The Morgan fingerprint density at radius 1 is 1.27 bits per heavy atom. The Balaban J connectivity index is 1.66. The number of pyridine rings is 1. The molecule has 1 aromatic carbocycles. The molecule has 0 bridgehead atoms. The van der Waals surface area contributed by atoms with Crippen LogP contribution in [0.15, 0.2) is 28.8 Å². The molecule has 26 heavy (non-hydrogen) atoms. The second-order valence-electron chi connectivity index (χ2n) is 6.93. The third kappa shape index (κ3) is 2.96. The van der Waals surface area contributed by atoms with Crippen LogP contribution < -0.4 is 0 Å². The van der Waals surface area contributed by atoms with Crippen molar-refractivity contribution in [2.24, 2.45) is 0 Å². The highest BCUT2D eigenvalue weighted by molar-refractivity contribution is 6.06. The molecule has 4 rings (SSSR count). The average Bonchev–Trinajstić information content (AvgIpc) is 3.29. The average molecular weight is 350 g/mol. The van der Waals surface area contributed by atoms with E-state index < -0.39 is 0 Å². The van der Waals surface area contributed by atoms with Crippen molar-refractivity contribution in [2.45, 2.75) is 39.5 Å². The van der Waals surface area contributed by atoms with Crippen molar-refractivity contribution in [2.75, 3.05) is 13.1 Å². The molecule has 0 spiro atoms. The fourth-order valence-electron chi connectivity index (χ4n) is 3.60. The maximum Gasteiger partial charge on any atom is 0.254 e. The fourth-order valence-corrected chi connectivity index (χ4v) is 3.60. The van der Waals surface area contributed by atoms with Gasteiger partial charge < -0.3 is 9.42 Å². The number of hydrogen-bond acceptors (Lipinski definition) is 5. The van der Waals surface area contributed by atoms with E-state index in [4.69, 9.17) is 4.52 Å². The van der Waals surface area contributed by atoms with Crippen molar-refractivity contribution in [1.29, 1.82) is 0 Å². The molecule has 1 aliphatic rings. The first-order valence-corrected chi connectivity index (χ1v) is 9.05. The predicted molar refractivity (Wildman–Crippen MR) is 98.2 cm³/mol. The highest BCUT2D eigenvalue weighted by Crippen LogP contribution is 2.29. The van der Waals surface area contributed by atoms with Crippen LogP contribution in [0.4, 0.5) is 0 Å². The highest BCUT2D eigenvalue weighted by Gasteiger charge is 2.32. The van der Waals surface area contributed by atoms with Crippen LogP contribution in [0, 0.1) is 13.8 Å². The van der Waals surface area contributed by atoms with E-state index in [2.05, 4.69) is 34.2 Å². The Hall–Kier alpha value is -2.76. The number of carbonyl (C=O) groups is 1. The Morgan fingerprint density at radius 3 is 2.85 bits per heavy atom. The minimum atomic E-state index is 0.0486. The molecule has 2 aromatic heterocycles. The monoisotopic (exact) mass is 350 g/mol. The lowest BCUT2D eigenvalue weighted by molar-refractivity contribution is 0.0791. The molecule has 0 N–H and O–H groups in total. The predicted octanol–water partition coefficient (Wildman–Crippen LogP) is 3.43. The van der Waals surface area contributed by atoms with E-state index in [-0.39, 0.29) is 11.8 Å². The van der Waals surface area contributed by atoms with Gasteiger partial charge in [-0.15, -0.1) is 0 Å². The minimum Gasteiger partial charge on any atom is -0.339 e. The molecule has 0 saturated carbocycles. The summed E-state index contributed by atoms with van der Waals surface area (Å²) >= 11 is 0. The molecule has 1 atom stereocenters. The van der Waals surface area contributed by atoms with E-state index in [9.17, 15) is 4.79 Å². The Morgan fingerprint density at radius 2 is 2.12 bits per heavy atom. The van der Waals surface area contributed by atoms with Crippen LogP contribution in [0.25, 0.3) is 10.9 Å². The van der Waals surface area contributed by atoms with Gasteiger partial charge in [0, 0.05) is 24.2 Å². The molecule has 1 amide bonds. The number of nitrogens with zero attached hydrogens (tertiary/aromatic N) is 4. The van der Waals surface area contributed by atoms with Gasteiger partial charge in [0.05, 0.1) is 17.0 Å². The minimum absolute atomic E-state index is 0.0486. The Labute approximate surface area is 152 Å². The van der Waals surface area contributed by atoms with Gasteiger partial charge in [-0.3, -0.25) is 9.78 Å². The van der Waals surface area contributed by atoms with Gasteiger partial charge in [-0.05, 0) is 50.5 Å². The first-order chi connectivity index (χ1) is 12.5. The number of benzene rings is 1. The van der Waals surface area contributed by atoms with Crippen LogP contribution in [0.2, 0.25) is 0 Å². The van der Waals surface area contributed by atoms with Gasteiger partial charge in [-0.25, -0.2) is 0 Å². The molecule has 1 saturated heterocycles. The van der Waals surface area contributed by atoms with Crippen LogP contribution in [-0.2, 0) is 6.42 Å². The molecule has 3 heterocycles. The number of aromatic nitrogens is 3. The van der Waals surface area contributed by atoms with Crippen LogP contribution >= 0.6 is 0 Å². The normalized spacial score (nSPS) is 17.2. The van der Waals surface area contributed by atoms with Crippen LogP contribution in [0.5, 0.6) is 0 Å². The topological polar surface area (TPSA) is 72.1 Å². The standard InChI is InChI=1S/C20H22N4O2/c1-4-14-5-6-18-16(10-14)17(9-12(2)21-18)20(25)24-8-7-15(11-24)19-22-13(3)23-26-19/h5-6,9-10,15H,4,7-8,11H2,1-3H3/t15-/m1/s1. The van der Waals surface area contributed by atoms with Crippen molar-refractivity contribution >= 4 is 16.8 Å². The number of fused-ring (bicyclic) bond motifs is 1. The third-order valence-electron chi connectivity index (χ3n) is 5.01. The van der Waals surface area contributed by atoms with E-state index in [0.717, 1.165) is 35.0 Å². The summed E-state index contributed by atoms with van der Waals surface area (Å²) in [6, 6.07) is 8.07.